The van der Waals surface area contributed by atoms with Crippen LogP contribution in [0.15, 0.2) is 91.0 Å². The molecule has 0 saturated heterocycles. The Morgan fingerprint density at radius 3 is 1.69 bits per heavy atom. The molecule has 0 radical (unpaired) electrons. The van der Waals surface area contributed by atoms with Crippen molar-refractivity contribution in [1.29, 1.82) is 5.26 Å². The molecule has 1 nitrogen and oxygen atoms in total. The van der Waals surface area contributed by atoms with Gasteiger partial charge in [-0.3, -0.25) is 0 Å². The van der Waals surface area contributed by atoms with E-state index >= 15 is 0 Å². The molecule has 4 rings (SSSR count). The van der Waals surface area contributed by atoms with Crippen molar-refractivity contribution in [2.75, 3.05) is 0 Å². The molecule has 0 unspecified atom stereocenters. The Morgan fingerprint density at radius 2 is 1.14 bits per heavy atom. The number of nitrogens with zero attached hydrogens (tertiary/aromatic N) is 1. The van der Waals surface area contributed by atoms with E-state index in [0.717, 1.165) is 16.7 Å². The fourth-order valence-corrected chi connectivity index (χ4v) is 3.81. The summed E-state index contributed by atoms with van der Waals surface area (Å²) in [6.45, 7) is 4.20. The van der Waals surface area contributed by atoms with E-state index in [1.54, 1.807) is 0 Å². The highest BCUT2D eigenvalue weighted by Gasteiger charge is 2.18. The molecule has 140 valence electrons. The summed E-state index contributed by atoms with van der Waals surface area (Å²) in [6, 6.07) is 34.4. The number of hydrogen-bond acceptors (Lipinski definition) is 1. The van der Waals surface area contributed by atoms with Gasteiger partial charge < -0.3 is 0 Å². The van der Waals surface area contributed by atoms with Gasteiger partial charge in [-0.2, -0.15) is 5.26 Å². The van der Waals surface area contributed by atoms with Crippen molar-refractivity contribution in [2.45, 2.75) is 20.3 Å². The number of hydrogen-bond donors (Lipinski definition) is 0. The minimum Gasteiger partial charge on any atom is -0.198 e. The standard InChI is InChI=1S/C28H23N/c1-20-8-12-23(13-9-20)27-25(18-19-29)16-17-26(22-6-4-3-5-7-22)28(27)24-14-10-21(2)11-15-24/h3-17H,18H2,1-2H3. The van der Waals surface area contributed by atoms with Gasteiger partial charge in [0.1, 0.15) is 0 Å². The van der Waals surface area contributed by atoms with Gasteiger partial charge in [-0.1, -0.05) is 102 Å². The molecule has 0 aliphatic carbocycles. The van der Waals surface area contributed by atoms with Crippen LogP contribution in [0, 0.1) is 25.2 Å². The molecule has 29 heavy (non-hydrogen) atoms. The van der Waals surface area contributed by atoms with Gasteiger partial charge in [-0.05, 0) is 52.8 Å². The maximum absolute atomic E-state index is 9.47. The van der Waals surface area contributed by atoms with Gasteiger partial charge in [-0.25, -0.2) is 0 Å². The third-order valence-corrected chi connectivity index (χ3v) is 5.33. The molecule has 0 atom stereocenters. The van der Waals surface area contributed by atoms with Gasteiger partial charge in [0.15, 0.2) is 0 Å². The highest BCUT2D eigenvalue weighted by molar-refractivity contribution is 5.96. The van der Waals surface area contributed by atoms with Crippen LogP contribution in [-0.4, -0.2) is 0 Å². The van der Waals surface area contributed by atoms with Gasteiger partial charge in [0.2, 0.25) is 0 Å². The zero-order valence-corrected chi connectivity index (χ0v) is 16.8. The third-order valence-electron chi connectivity index (χ3n) is 5.33. The summed E-state index contributed by atoms with van der Waals surface area (Å²) in [5, 5.41) is 9.47. The number of rotatable bonds is 4. The van der Waals surface area contributed by atoms with Crippen LogP contribution in [0.1, 0.15) is 16.7 Å². The van der Waals surface area contributed by atoms with Gasteiger partial charge in [0, 0.05) is 0 Å². The third kappa shape index (κ3) is 3.84. The van der Waals surface area contributed by atoms with Crippen LogP contribution in [0.3, 0.4) is 0 Å². The zero-order chi connectivity index (χ0) is 20.2. The SMILES string of the molecule is Cc1ccc(-c2c(CC#N)ccc(-c3ccccc3)c2-c2ccc(C)cc2)cc1. The lowest BCUT2D eigenvalue weighted by molar-refractivity contribution is 1.26. The predicted molar refractivity (Wildman–Crippen MR) is 122 cm³/mol. The van der Waals surface area contributed by atoms with Crippen LogP contribution in [-0.2, 0) is 6.42 Å². The second kappa shape index (κ2) is 8.17. The van der Waals surface area contributed by atoms with E-state index in [1.807, 2.05) is 6.07 Å². The molecule has 0 heterocycles. The first-order valence-electron chi connectivity index (χ1n) is 9.89. The van der Waals surface area contributed by atoms with E-state index < -0.39 is 0 Å². The Labute approximate surface area is 172 Å². The topological polar surface area (TPSA) is 23.8 Å². The second-order valence-electron chi connectivity index (χ2n) is 7.46. The maximum atomic E-state index is 9.47. The fraction of sp³-hybridized carbons (Fsp3) is 0.107. The molecular weight excluding hydrogens is 350 g/mol. The van der Waals surface area contributed by atoms with Crippen molar-refractivity contribution in [2.24, 2.45) is 0 Å². The van der Waals surface area contributed by atoms with Crippen molar-refractivity contribution >= 4 is 0 Å². The van der Waals surface area contributed by atoms with Crippen molar-refractivity contribution in [1.82, 2.24) is 0 Å². The normalized spacial score (nSPS) is 10.5. The minimum absolute atomic E-state index is 0.386. The first-order valence-corrected chi connectivity index (χ1v) is 9.89. The number of nitriles is 1. The highest BCUT2D eigenvalue weighted by atomic mass is 14.3. The quantitative estimate of drug-likeness (QED) is 0.366. The zero-order valence-electron chi connectivity index (χ0n) is 16.8. The first kappa shape index (κ1) is 18.7. The molecule has 1 heteroatoms. The summed E-state index contributed by atoms with van der Waals surface area (Å²) in [5.41, 5.74) is 10.5. The van der Waals surface area contributed by atoms with Crippen LogP contribution >= 0.6 is 0 Å². The van der Waals surface area contributed by atoms with E-state index in [9.17, 15) is 5.26 Å². The second-order valence-corrected chi connectivity index (χ2v) is 7.46. The molecule has 0 spiro atoms. The van der Waals surface area contributed by atoms with Crippen molar-refractivity contribution in [3.05, 3.63) is 108 Å². The summed E-state index contributed by atoms with van der Waals surface area (Å²) in [5.74, 6) is 0. The van der Waals surface area contributed by atoms with Gasteiger partial charge in [-0.15, -0.1) is 0 Å². The first-order chi connectivity index (χ1) is 14.2. The van der Waals surface area contributed by atoms with Gasteiger partial charge in [0.05, 0.1) is 12.5 Å². The lowest BCUT2D eigenvalue weighted by Gasteiger charge is -2.20. The minimum atomic E-state index is 0.386. The lowest BCUT2D eigenvalue weighted by atomic mass is 9.84. The summed E-state index contributed by atoms with van der Waals surface area (Å²) < 4.78 is 0. The molecule has 0 amide bonds. The molecule has 0 saturated carbocycles. The van der Waals surface area contributed by atoms with Crippen LogP contribution < -0.4 is 0 Å². The largest absolute Gasteiger partial charge is 0.198 e. The van der Waals surface area contributed by atoms with Gasteiger partial charge >= 0.3 is 0 Å². The monoisotopic (exact) mass is 373 g/mol. The van der Waals surface area contributed by atoms with E-state index in [1.165, 1.54) is 33.4 Å². The van der Waals surface area contributed by atoms with Crippen LogP contribution in [0.2, 0.25) is 0 Å². The number of benzene rings is 4. The summed E-state index contributed by atoms with van der Waals surface area (Å²) in [7, 11) is 0. The Morgan fingerprint density at radius 1 is 0.586 bits per heavy atom. The molecule has 4 aromatic rings. The Kier molecular flexibility index (Phi) is 5.27. The van der Waals surface area contributed by atoms with Crippen molar-refractivity contribution in [3.8, 4) is 39.4 Å². The molecule has 0 aliphatic heterocycles. The van der Waals surface area contributed by atoms with Crippen molar-refractivity contribution in [3.63, 3.8) is 0 Å². The Balaban J connectivity index is 2.08. The molecule has 0 aromatic heterocycles. The van der Waals surface area contributed by atoms with Crippen molar-refractivity contribution < 1.29 is 0 Å². The number of aryl methyl sites for hydroxylation is 2. The summed E-state index contributed by atoms with van der Waals surface area (Å²) in [4.78, 5) is 0. The predicted octanol–water partition coefficient (Wildman–Crippen LogP) is 7.37. The summed E-state index contributed by atoms with van der Waals surface area (Å²) >= 11 is 0. The lowest BCUT2D eigenvalue weighted by Crippen LogP contribution is -1.96. The van der Waals surface area contributed by atoms with E-state index in [-0.39, 0.29) is 0 Å². The smallest absolute Gasteiger partial charge is 0.0669 e. The van der Waals surface area contributed by atoms with E-state index in [2.05, 4.69) is 105 Å². The maximum Gasteiger partial charge on any atom is 0.0669 e. The van der Waals surface area contributed by atoms with Crippen LogP contribution in [0.5, 0.6) is 0 Å². The molecule has 0 aliphatic rings. The average molecular weight is 373 g/mol. The summed E-state index contributed by atoms with van der Waals surface area (Å²) in [6.07, 6.45) is 0.386. The van der Waals surface area contributed by atoms with E-state index in [4.69, 9.17) is 0 Å². The molecule has 0 fully saturated rings. The van der Waals surface area contributed by atoms with Crippen LogP contribution in [0.4, 0.5) is 0 Å². The molecular formula is C28H23N. The Bertz CT molecular complexity index is 1160. The van der Waals surface area contributed by atoms with Gasteiger partial charge in [0.25, 0.3) is 0 Å². The van der Waals surface area contributed by atoms with E-state index in [0.29, 0.717) is 6.42 Å². The molecule has 0 bridgehead atoms. The fourth-order valence-electron chi connectivity index (χ4n) is 3.81. The molecule has 4 aromatic carbocycles. The highest BCUT2D eigenvalue weighted by Crippen LogP contribution is 2.42. The molecule has 0 N–H and O–H groups in total. The average Bonchev–Trinajstić information content (AvgIpc) is 2.76. The van der Waals surface area contributed by atoms with Crippen LogP contribution in [0.25, 0.3) is 33.4 Å². The Hall–Kier alpha value is -3.63.